The quantitative estimate of drug-likeness (QED) is 0.616. The van der Waals surface area contributed by atoms with Crippen molar-refractivity contribution in [2.24, 2.45) is 5.73 Å². The van der Waals surface area contributed by atoms with Crippen molar-refractivity contribution < 1.29 is 9.59 Å². The second-order valence-corrected chi connectivity index (χ2v) is 3.86. The number of nitrogens with one attached hydrogen (secondary N) is 2. The minimum atomic E-state index is -1.24. The molecular formula is C12H17N3O2. The Hall–Kier alpha value is -1.88. The molecule has 1 aromatic carbocycles. The Balaban J connectivity index is 2.98. The van der Waals surface area contributed by atoms with E-state index in [2.05, 4.69) is 10.6 Å². The summed E-state index contributed by atoms with van der Waals surface area (Å²) in [6, 6.07) is 9.36. The Kier molecular flexibility index (Phi) is 4.23. The smallest absolute Gasteiger partial charge is 0.258 e. The summed E-state index contributed by atoms with van der Waals surface area (Å²) in [5.74, 6) is -0.923. The van der Waals surface area contributed by atoms with Crippen molar-refractivity contribution in [3.63, 3.8) is 0 Å². The molecule has 0 saturated carbocycles. The van der Waals surface area contributed by atoms with Gasteiger partial charge in [-0.15, -0.1) is 0 Å². The van der Waals surface area contributed by atoms with E-state index in [9.17, 15) is 9.59 Å². The second-order valence-electron chi connectivity index (χ2n) is 3.86. The van der Waals surface area contributed by atoms with Gasteiger partial charge in [-0.3, -0.25) is 14.9 Å². The molecule has 5 heteroatoms. The third kappa shape index (κ3) is 3.29. The van der Waals surface area contributed by atoms with Crippen molar-refractivity contribution in [1.82, 2.24) is 10.6 Å². The van der Waals surface area contributed by atoms with E-state index in [4.69, 9.17) is 5.73 Å². The normalized spacial score (nSPS) is 13.8. The summed E-state index contributed by atoms with van der Waals surface area (Å²) in [7, 11) is 1.59. The first-order valence-corrected chi connectivity index (χ1v) is 5.31. The van der Waals surface area contributed by atoms with Crippen LogP contribution in [0, 0.1) is 0 Å². The van der Waals surface area contributed by atoms with Crippen molar-refractivity contribution in [1.29, 1.82) is 0 Å². The van der Waals surface area contributed by atoms with E-state index in [1.165, 1.54) is 6.92 Å². The van der Waals surface area contributed by atoms with Crippen LogP contribution in [0.3, 0.4) is 0 Å². The number of primary amides is 1. The van der Waals surface area contributed by atoms with Crippen molar-refractivity contribution in [2.75, 3.05) is 7.05 Å². The number of nitrogens with two attached hydrogens (primary N) is 1. The molecule has 2 amide bonds. The first kappa shape index (κ1) is 13.2. The van der Waals surface area contributed by atoms with Crippen molar-refractivity contribution in [3.05, 3.63) is 35.9 Å². The largest absolute Gasteiger partial charge is 0.366 e. The summed E-state index contributed by atoms with van der Waals surface area (Å²) in [5, 5.41) is 5.35. The van der Waals surface area contributed by atoms with Gasteiger partial charge in [0, 0.05) is 13.3 Å². The minimum Gasteiger partial charge on any atom is -0.366 e. The standard InChI is InChI=1S/C12H17N3O2/c1-9(16)15-12(14-2,11(13)17)8-10-6-4-3-5-7-10/h3-7,14H,8H2,1-2H3,(H2,13,17)(H,15,16). The van der Waals surface area contributed by atoms with Gasteiger partial charge in [0.1, 0.15) is 0 Å². The molecule has 17 heavy (non-hydrogen) atoms. The zero-order chi connectivity index (χ0) is 12.9. The molecule has 0 heterocycles. The maximum absolute atomic E-state index is 11.5. The predicted octanol–water partition coefficient (Wildman–Crippen LogP) is -0.234. The average molecular weight is 235 g/mol. The number of benzene rings is 1. The number of carbonyl (C=O) groups is 2. The van der Waals surface area contributed by atoms with Crippen molar-refractivity contribution >= 4 is 11.8 Å². The number of amides is 2. The lowest BCUT2D eigenvalue weighted by atomic mass is 9.98. The summed E-state index contributed by atoms with van der Waals surface area (Å²) in [4.78, 5) is 22.7. The zero-order valence-electron chi connectivity index (χ0n) is 9.99. The van der Waals surface area contributed by atoms with E-state index in [-0.39, 0.29) is 5.91 Å². The number of carbonyl (C=O) groups excluding carboxylic acids is 2. The fourth-order valence-corrected chi connectivity index (χ4v) is 1.67. The van der Waals surface area contributed by atoms with Gasteiger partial charge in [0.05, 0.1) is 0 Å². The molecule has 0 fully saturated rings. The number of rotatable bonds is 5. The molecule has 0 aliphatic carbocycles. The lowest BCUT2D eigenvalue weighted by molar-refractivity contribution is -0.131. The molecule has 1 unspecified atom stereocenters. The minimum absolute atomic E-state index is 0.305. The first-order chi connectivity index (χ1) is 8.00. The molecule has 1 atom stereocenters. The molecule has 0 aliphatic rings. The summed E-state index contributed by atoms with van der Waals surface area (Å²) < 4.78 is 0. The molecule has 0 bridgehead atoms. The van der Waals surface area contributed by atoms with E-state index in [0.29, 0.717) is 6.42 Å². The first-order valence-electron chi connectivity index (χ1n) is 5.31. The highest BCUT2D eigenvalue weighted by molar-refractivity contribution is 5.89. The lowest BCUT2D eigenvalue weighted by Gasteiger charge is -2.30. The van der Waals surface area contributed by atoms with Gasteiger partial charge in [-0.05, 0) is 12.6 Å². The maximum atomic E-state index is 11.5. The molecule has 1 rings (SSSR count). The van der Waals surface area contributed by atoms with Gasteiger partial charge < -0.3 is 11.1 Å². The third-order valence-electron chi connectivity index (χ3n) is 2.55. The Morgan fingerprint density at radius 3 is 2.29 bits per heavy atom. The van der Waals surface area contributed by atoms with Crippen LogP contribution < -0.4 is 16.4 Å². The van der Waals surface area contributed by atoms with Crippen LogP contribution in [0.25, 0.3) is 0 Å². The Labute approximate surface area is 100 Å². The van der Waals surface area contributed by atoms with E-state index in [1.54, 1.807) is 7.05 Å². The third-order valence-corrected chi connectivity index (χ3v) is 2.55. The molecule has 0 spiro atoms. The number of hydrogen-bond acceptors (Lipinski definition) is 3. The molecule has 4 N–H and O–H groups in total. The predicted molar refractivity (Wildman–Crippen MR) is 64.9 cm³/mol. The van der Waals surface area contributed by atoms with Crippen molar-refractivity contribution in [2.45, 2.75) is 19.0 Å². The molecule has 0 aliphatic heterocycles. The summed E-state index contributed by atoms with van der Waals surface area (Å²) >= 11 is 0. The SMILES string of the molecule is CNC(Cc1ccccc1)(NC(C)=O)C(N)=O. The highest BCUT2D eigenvalue weighted by Gasteiger charge is 2.35. The molecule has 5 nitrogen and oxygen atoms in total. The average Bonchev–Trinajstić information content (AvgIpc) is 2.28. The van der Waals surface area contributed by atoms with Gasteiger partial charge in [0.15, 0.2) is 5.66 Å². The van der Waals surface area contributed by atoms with Crippen LogP contribution in [0.4, 0.5) is 0 Å². The van der Waals surface area contributed by atoms with Gasteiger partial charge >= 0.3 is 0 Å². The molecular weight excluding hydrogens is 218 g/mol. The molecule has 0 radical (unpaired) electrons. The maximum Gasteiger partial charge on any atom is 0.258 e. The summed E-state index contributed by atoms with van der Waals surface area (Å²) in [6.07, 6.45) is 0.305. The fraction of sp³-hybridized carbons (Fsp3) is 0.333. The van der Waals surface area contributed by atoms with E-state index < -0.39 is 11.6 Å². The summed E-state index contributed by atoms with van der Waals surface area (Å²) in [6.45, 7) is 1.35. The molecule has 0 aromatic heterocycles. The van der Waals surface area contributed by atoms with Gasteiger partial charge in [-0.25, -0.2) is 0 Å². The van der Waals surface area contributed by atoms with Crippen LogP contribution in [-0.4, -0.2) is 24.5 Å². The fourth-order valence-electron chi connectivity index (χ4n) is 1.67. The monoisotopic (exact) mass is 235 g/mol. The van der Waals surface area contributed by atoms with E-state index in [0.717, 1.165) is 5.56 Å². The van der Waals surface area contributed by atoms with Gasteiger partial charge in [0.25, 0.3) is 5.91 Å². The summed E-state index contributed by atoms with van der Waals surface area (Å²) in [5.41, 5.74) is 5.03. The molecule has 0 saturated heterocycles. The van der Waals surface area contributed by atoms with Crippen LogP contribution in [0.5, 0.6) is 0 Å². The van der Waals surface area contributed by atoms with Crippen LogP contribution >= 0.6 is 0 Å². The topological polar surface area (TPSA) is 84.2 Å². The van der Waals surface area contributed by atoms with E-state index >= 15 is 0 Å². The molecule has 92 valence electrons. The number of hydrogen-bond donors (Lipinski definition) is 3. The molecule has 1 aromatic rings. The van der Waals surface area contributed by atoms with Crippen LogP contribution in [-0.2, 0) is 16.0 Å². The van der Waals surface area contributed by atoms with Gasteiger partial charge in [-0.2, -0.15) is 0 Å². The van der Waals surface area contributed by atoms with Crippen LogP contribution in [0.1, 0.15) is 12.5 Å². The second kappa shape index (κ2) is 5.45. The van der Waals surface area contributed by atoms with Gasteiger partial charge in [0.2, 0.25) is 5.91 Å². The van der Waals surface area contributed by atoms with Crippen molar-refractivity contribution in [3.8, 4) is 0 Å². The Morgan fingerprint density at radius 1 is 1.29 bits per heavy atom. The highest BCUT2D eigenvalue weighted by atomic mass is 16.2. The number of likely N-dealkylation sites (N-methyl/N-ethyl adjacent to an activating group) is 1. The van der Waals surface area contributed by atoms with Gasteiger partial charge in [-0.1, -0.05) is 30.3 Å². The zero-order valence-corrected chi connectivity index (χ0v) is 9.99. The lowest BCUT2D eigenvalue weighted by Crippen LogP contribution is -2.66. The highest BCUT2D eigenvalue weighted by Crippen LogP contribution is 2.10. The van der Waals surface area contributed by atoms with Crippen LogP contribution in [0.15, 0.2) is 30.3 Å². The van der Waals surface area contributed by atoms with E-state index in [1.807, 2.05) is 30.3 Å². The van der Waals surface area contributed by atoms with Crippen LogP contribution in [0.2, 0.25) is 0 Å². The Morgan fingerprint density at radius 2 is 1.88 bits per heavy atom. The Bertz CT molecular complexity index is 405.